The molecule has 5 N–H and O–H groups in total. The summed E-state index contributed by atoms with van der Waals surface area (Å²) in [5.41, 5.74) is 0. The standard InChI is InChI=1S/C49H93NO5/c1-3-5-7-9-11-13-15-17-19-21-23-24-25-27-28-30-32-34-36-38-40-42-46(52)48(54)45(44-51)50-49(55)47(53)43-41-39-37-35-33-31-29-26-22-20-18-16-14-12-10-8-6-4-2/h21,23,27-28,34,36,45-48,51-54H,3-20,22,24-26,29-33,35,37-44H2,1-2H3,(H,50,55)/b23-21+,28-27+,36-34+. The normalized spacial score (nSPS) is 14.4. The fourth-order valence-electron chi connectivity index (χ4n) is 7.26. The molecule has 6 heteroatoms. The quantitative estimate of drug-likeness (QED) is 0.0313. The molecule has 0 aromatic rings. The third kappa shape index (κ3) is 37.8. The van der Waals surface area contributed by atoms with Gasteiger partial charge >= 0.3 is 0 Å². The molecule has 0 aliphatic rings. The Hall–Kier alpha value is -1.47. The molecule has 0 radical (unpaired) electrons. The number of carbonyl (C=O) groups is 1. The molecule has 0 bridgehead atoms. The number of hydrogen-bond donors (Lipinski definition) is 5. The second-order valence-corrected chi connectivity index (χ2v) is 16.4. The van der Waals surface area contributed by atoms with Gasteiger partial charge in [0.05, 0.1) is 18.8 Å². The monoisotopic (exact) mass is 776 g/mol. The van der Waals surface area contributed by atoms with E-state index in [2.05, 4.69) is 55.6 Å². The van der Waals surface area contributed by atoms with E-state index in [1.54, 1.807) is 0 Å². The summed E-state index contributed by atoms with van der Waals surface area (Å²) in [6, 6.07) is -1.01. The number of nitrogens with one attached hydrogen (secondary N) is 1. The topological polar surface area (TPSA) is 110 Å². The predicted octanol–water partition coefficient (Wildman–Crippen LogP) is 12.9. The van der Waals surface area contributed by atoms with Crippen LogP contribution < -0.4 is 5.32 Å². The number of allylic oxidation sites excluding steroid dienone is 6. The Morgan fingerprint density at radius 1 is 0.436 bits per heavy atom. The molecule has 55 heavy (non-hydrogen) atoms. The molecule has 0 saturated carbocycles. The summed E-state index contributed by atoms with van der Waals surface area (Å²) in [5.74, 6) is -0.597. The Morgan fingerprint density at radius 2 is 0.764 bits per heavy atom. The van der Waals surface area contributed by atoms with Crippen molar-refractivity contribution in [1.29, 1.82) is 0 Å². The van der Waals surface area contributed by atoms with Crippen LogP contribution >= 0.6 is 0 Å². The van der Waals surface area contributed by atoms with Gasteiger partial charge in [-0.1, -0.05) is 211 Å². The van der Waals surface area contributed by atoms with Crippen molar-refractivity contribution in [2.45, 2.75) is 263 Å². The highest BCUT2D eigenvalue weighted by Gasteiger charge is 2.28. The molecule has 0 aromatic heterocycles. The molecule has 4 atom stereocenters. The minimum Gasteiger partial charge on any atom is -0.394 e. The average molecular weight is 776 g/mol. The first-order valence-electron chi connectivity index (χ1n) is 23.9. The Balaban J connectivity index is 3.78. The van der Waals surface area contributed by atoms with Crippen LogP contribution in [0.3, 0.4) is 0 Å². The lowest BCUT2D eigenvalue weighted by molar-refractivity contribution is -0.132. The van der Waals surface area contributed by atoms with Crippen LogP contribution in [0.25, 0.3) is 0 Å². The van der Waals surface area contributed by atoms with Gasteiger partial charge in [-0.25, -0.2) is 0 Å². The van der Waals surface area contributed by atoms with E-state index in [9.17, 15) is 25.2 Å². The van der Waals surface area contributed by atoms with Gasteiger partial charge in [-0.05, 0) is 64.2 Å². The number of amides is 1. The highest BCUT2D eigenvalue weighted by molar-refractivity contribution is 5.80. The van der Waals surface area contributed by atoms with E-state index in [0.29, 0.717) is 19.3 Å². The van der Waals surface area contributed by atoms with Crippen LogP contribution in [-0.4, -0.2) is 57.3 Å². The fourth-order valence-corrected chi connectivity index (χ4v) is 7.26. The van der Waals surface area contributed by atoms with Gasteiger partial charge in [0.15, 0.2) is 0 Å². The minimum absolute atomic E-state index is 0.361. The maximum Gasteiger partial charge on any atom is 0.249 e. The van der Waals surface area contributed by atoms with Crippen molar-refractivity contribution in [3.05, 3.63) is 36.5 Å². The van der Waals surface area contributed by atoms with E-state index >= 15 is 0 Å². The van der Waals surface area contributed by atoms with Gasteiger partial charge < -0.3 is 25.7 Å². The lowest BCUT2D eigenvalue weighted by atomic mass is 10.00. The SMILES string of the molecule is CCCCCCCCCC/C=C/CC/C=C/CC/C=C/CCCC(O)C(O)C(CO)NC(=O)C(O)CCCCCCCCCCCCCCCCCCCC. The molecule has 0 heterocycles. The summed E-state index contributed by atoms with van der Waals surface area (Å²) in [7, 11) is 0. The van der Waals surface area contributed by atoms with E-state index in [0.717, 1.165) is 51.4 Å². The van der Waals surface area contributed by atoms with Crippen molar-refractivity contribution in [2.24, 2.45) is 0 Å². The molecular formula is C49H93NO5. The third-order valence-electron chi connectivity index (χ3n) is 11.1. The lowest BCUT2D eigenvalue weighted by Crippen LogP contribution is -2.53. The number of aliphatic hydroxyl groups excluding tert-OH is 4. The van der Waals surface area contributed by atoms with Crippen LogP contribution in [0.2, 0.25) is 0 Å². The van der Waals surface area contributed by atoms with Gasteiger partial charge in [-0.3, -0.25) is 4.79 Å². The molecule has 0 aromatic carbocycles. The summed E-state index contributed by atoms with van der Waals surface area (Å²) in [6.45, 7) is 4.04. The van der Waals surface area contributed by atoms with Crippen molar-refractivity contribution < 1.29 is 25.2 Å². The average Bonchev–Trinajstić information content (AvgIpc) is 3.19. The van der Waals surface area contributed by atoms with Gasteiger partial charge in [0.2, 0.25) is 5.91 Å². The van der Waals surface area contributed by atoms with Crippen molar-refractivity contribution in [2.75, 3.05) is 6.61 Å². The number of carbonyl (C=O) groups excluding carboxylic acids is 1. The van der Waals surface area contributed by atoms with Crippen molar-refractivity contribution in [1.82, 2.24) is 5.32 Å². The van der Waals surface area contributed by atoms with E-state index in [-0.39, 0.29) is 0 Å². The number of hydrogen-bond acceptors (Lipinski definition) is 5. The zero-order chi connectivity index (χ0) is 40.3. The lowest BCUT2D eigenvalue weighted by Gasteiger charge is -2.27. The smallest absolute Gasteiger partial charge is 0.249 e. The zero-order valence-electron chi connectivity index (χ0n) is 36.4. The Labute approximate surface area is 341 Å². The van der Waals surface area contributed by atoms with E-state index < -0.39 is 36.9 Å². The van der Waals surface area contributed by atoms with Crippen LogP contribution in [0.1, 0.15) is 239 Å². The Bertz CT molecular complexity index is 873. The van der Waals surface area contributed by atoms with Crippen LogP contribution in [0.15, 0.2) is 36.5 Å². The number of unbranched alkanes of at least 4 members (excludes halogenated alkanes) is 28. The number of rotatable bonds is 43. The van der Waals surface area contributed by atoms with Crippen LogP contribution in [-0.2, 0) is 4.79 Å². The first-order valence-corrected chi connectivity index (χ1v) is 23.9. The van der Waals surface area contributed by atoms with E-state index in [1.165, 1.54) is 154 Å². The molecule has 0 fully saturated rings. The molecule has 4 unspecified atom stereocenters. The molecule has 0 rings (SSSR count). The van der Waals surface area contributed by atoms with Gasteiger partial charge in [0.1, 0.15) is 12.2 Å². The maximum atomic E-state index is 12.5. The van der Waals surface area contributed by atoms with Gasteiger partial charge in [-0.15, -0.1) is 0 Å². The maximum absolute atomic E-state index is 12.5. The molecule has 0 saturated heterocycles. The van der Waals surface area contributed by atoms with Crippen LogP contribution in [0, 0.1) is 0 Å². The molecule has 0 aliphatic heterocycles. The molecular weight excluding hydrogens is 683 g/mol. The highest BCUT2D eigenvalue weighted by Crippen LogP contribution is 2.16. The van der Waals surface area contributed by atoms with E-state index in [1.807, 2.05) is 0 Å². The molecule has 324 valence electrons. The van der Waals surface area contributed by atoms with Crippen LogP contribution in [0.4, 0.5) is 0 Å². The van der Waals surface area contributed by atoms with Gasteiger partial charge in [0.25, 0.3) is 0 Å². The van der Waals surface area contributed by atoms with Crippen molar-refractivity contribution >= 4 is 5.91 Å². The second kappa shape index (κ2) is 43.6. The summed E-state index contributed by atoms with van der Waals surface area (Å²) in [5, 5.41) is 43.7. The van der Waals surface area contributed by atoms with Crippen LogP contribution in [0.5, 0.6) is 0 Å². The summed E-state index contributed by atoms with van der Waals surface area (Å²) in [4.78, 5) is 12.5. The summed E-state index contributed by atoms with van der Waals surface area (Å²) >= 11 is 0. The molecule has 1 amide bonds. The zero-order valence-corrected chi connectivity index (χ0v) is 36.4. The Kier molecular flexibility index (Phi) is 42.5. The van der Waals surface area contributed by atoms with E-state index in [4.69, 9.17) is 0 Å². The Morgan fingerprint density at radius 3 is 1.15 bits per heavy atom. The first kappa shape index (κ1) is 53.5. The van der Waals surface area contributed by atoms with Gasteiger partial charge in [-0.2, -0.15) is 0 Å². The van der Waals surface area contributed by atoms with Gasteiger partial charge in [0, 0.05) is 0 Å². The highest BCUT2D eigenvalue weighted by atomic mass is 16.3. The molecule has 0 aliphatic carbocycles. The molecule has 0 spiro atoms. The fraction of sp³-hybridized carbons (Fsp3) is 0.857. The van der Waals surface area contributed by atoms with Crippen molar-refractivity contribution in [3.8, 4) is 0 Å². The summed E-state index contributed by atoms with van der Waals surface area (Å²) < 4.78 is 0. The minimum atomic E-state index is -1.29. The van der Waals surface area contributed by atoms with Crippen molar-refractivity contribution in [3.63, 3.8) is 0 Å². The number of aliphatic hydroxyl groups is 4. The predicted molar refractivity (Wildman–Crippen MR) is 237 cm³/mol. The summed E-state index contributed by atoms with van der Waals surface area (Å²) in [6.07, 6.45) is 51.8. The first-order chi connectivity index (χ1) is 27.0. The molecule has 6 nitrogen and oxygen atoms in total. The third-order valence-corrected chi connectivity index (χ3v) is 11.1. The largest absolute Gasteiger partial charge is 0.394 e. The second-order valence-electron chi connectivity index (χ2n) is 16.4.